The van der Waals surface area contributed by atoms with Gasteiger partial charge in [0.1, 0.15) is 0 Å². The molecule has 1 heterocycles. The molecule has 1 aromatic rings. The molecule has 1 aliphatic heterocycles. The molecule has 0 aliphatic carbocycles. The lowest BCUT2D eigenvalue weighted by atomic mass is 9.98. The lowest BCUT2D eigenvalue weighted by molar-refractivity contribution is 0.388. The Hall–Kier alpha value is -1.07. The van der Waals surface area contributed by atoms with Crippen LogP contribution >= 0.6 is 0 Å². The molecular formula is C14H22N2O2S. The minimum absolute atomic E-state index is 0.341. The van der Waals surface area contributed by atoms with Gasteiger partial charge < -0.3 is 5.32 Å². The molecule has 0 bridgehead atoms. The molecule has 1 aromatic carbocycles. The number of hydrogen-bond acceptors (Lipinski definition) is 3. The third kappa shape index (κ3) is 2.92. The van der Waals surface area contributed by atoms with Crippen LogP contribution in [-0.4, -0.2) is 20.5 Å². The van der Waals surface area contributed by atoms with Crippen LogP contribution in [0.4, 0.5) is 5.69 Å². The van der Waals surface area contributed by atoms with E-state index in [1.54, 1.807) is 12.1 Å². The first kappa shape index (κ1) is 14.3. The predicted octanol–water partition coefficient (Wildman–Crippen LogP) is 2.51. The molecule has 2 rings (SSSR count). The third-order valence-electron chi connectivity index (χ3n) is 4.04. The molecule has 0 atom stereocenters. The summed E-state index contributed by atoms with van der Waals surface area (Å²) < 4.78 is 27.7. The molecule has 106 valence electrons. The second kappa shape index (κ2) is 5.13. The summed E-state index contributed by atoms with van der Waals surface area (Å²) in [5.41, 5.74) is 1.75. The lowest BCUT2D eigenvalue weighted by Gasteiger charge is -2.27. The van der Waals surface area contributed by atoms with Crippen molar-refractivity contribution in [2.75, 3.05) is 11.9 Å². The third-order valence-corrected chi connectivity index (χ3v) is 5.68. The molecule has 4 nitrogen and oxygen atoms in total. The average Bonchev–Trinajstić information content (AvgIpc) is 2.85. The highest BCUT2D eigenvalue weighted by Crippen LogP contribution is 2.26. The standard InChI is InChI=1S/C14H22N2O2S/c1-4-14(3,5-2)16-19(17,18)12-7-6-11-8-9-15-13(11)10-12/h6-7,10,15-16H,4-5,8-9H2,1-3H3. The van der Waals surface area contributed by atoms with E-state index in [2.05, 4.69) is 10.0 Å². The van der Waals surface area contributed by atoms with Crippen molar-refractivity contribution in [1.29, 1.82) is 0 Å². The van der Waals surface area contributed by atoms with E-state index in [0.717, 1.165) is 31.5 Å². The van der Waals surface area contributed by atoms with Crippen molar-refractivity contribution in [2.24, 2.45) is 0 Å². The van der Waals surface area contributed by atoms with Crippen molar-refractivity contribution in [3.05, 3.63) is 23.8 Å². The highest BCUT2D eigenvalue weighted by Gasteiger charge is 2.28. The van der Waals surface area contributed by atoms with Crippen LogP contribution < -0.4 is 10.0 Å². The second-order valence-electron chi connectivity index (χ2n) is 5.37. The van der Waals surface area contributed by atoms with Crippen molar-refractivity contribution in [1.82, 2.24) is 4.72 Å². The lowest BCUT2D eigenvalue weighted by Crippen LogP contribution is -2.44. The fourth-order valence-electron chi connectivity index (χ4n) is 2.21. The fraction of sp³-hybridized carbons (Fsp3) is 0.571. The van der Waals surface area contributed by atoms with Gasteiger partial charge in [0.25, 0.3) is 0 Å². The van der Waals surface area contributed by atoms with Gasteiger partial charge in [0.15, 0.2) is 0 Å². The van der Waals surface area contributed by atoms with Crippen molar-refractivity contribution < 1.29 is 8.42 Å². The summed E-state index contributed by atoms with van der Waals surface area (Å²) in [6.07, 6.45) is 2.50. The number of benzene rings is 1. The zero-order valence-corrected chi connectivity index (χ0v) is 12.6. The minimum atomic E-state index is -3.45. The molecule has 5 heteroatoms. The Morgan fingerprint density at radius 3 is 2.63 bits per heavy atom. The number of sulfonamides is 1. The van der Waals surface area contributed by atoms with Gasteiger partial charge >= 0.3 is 0 Å². The first-order valence-corrected chi connectivity index (χ1v) is 8.29. The first-order chi connectivity index (χ1) is 8.90. The van der Waals surface area contributed by atoms with Crippen LogP contribution in [0.2, 0.25) is 0 Å². The number of hydrogen-bond donors (Lipinski definition) is 2. The zero-order chi connectivity index (χ0) is 14.1. The van der Waals surface area contributed by atoms with Gasteiger partial charge in [-0.1, -0.05) is 19.9 Å². The van der Waals surface area contributed by atoms with E-state index in [1.165, 1.54) is 5.56 Å². The van der Waals surface area contributed by atoms with Crippen LogP contribution in [0, 0.1) is 0 Å². The first-order valence-electron chi connectivity index (χ1n) is 6.81. The van der Waals surface area contributed by atoms with Crippen LogP contribution in [0.1, 0.15) is 39.2 Å². The molecule has 0 amide bonds. The van der Waals surface area contributed by atoms with E-state index >= 15 is 0 Å². The number of anilines is 1. The van der Waals surface area contributed by atoms with Crippen LogP contribution in [0.3, 0.4) is 0 Å². The van der Waals surface area contributed by atoms with E-state index in [0.29, 0.717) is 4.90 Å². The largest absolute Gasteiger partial charge is 0.384 e. The molecule has 0 saturated carbocycles. The predicted molar refractivity (Wildman–Crippen MR) is 77.9 cm³/mol. The SMILES string of the molecule is CCC(C)(CC)NS(=O)(=O)c1ccc2c(c1)NCC2. The van der Waals surface area contributed by atoms with E-state index < -0.39 is 10.0 Å². The summed E-state index contributed by atoms with van der Waals surface area (Å²) >= 11 is 0. The molecular weight excluding hydrogens is 260 g/mol. The minimum Gasteiger partial charge on any atom is -0.384 e. The van der Waals surface area contributed by atoms with Gasteiger partial charge in [-0.25, -0.2) is 13.1 Å². The summed E-state index contributed by atoms with van der Waals surface area (Å²) in [6.45, 7) is 6.82. The summed E-state index contributed by atoms with van der Waals surface area (Å²) in [4.78, 5) is 0.341. The molecule has 0 fully saturated rings. The van der Waals surface area contributed by atoms with Crippen LogP contribution in [0.5, 0.6) is 0 Å². The Bertz CT molecular complexity index is 563. The topological polar surface area (TPSA) is 58.2 Å². The molecule has 19 heavy (non-hydrogen) atoms. The van der Waals surface area contributed by atoms with Gasteiger partial charge in [-0.2, -0.15) is 0 Å². The summed E-state index contributed by atoms with van der Waals surface area (Å²) in [7, 11) is -3.45. The van der Waals surface area contributed by atoms with Gasteiger partial charge in [0.05, 0.1) is 4.90 Å². The Morgan fingerprint density at radius 1 is 1.32 bits per heavy atom. The monoisotopic (exact) mass is 282 g/mol. The molecule has 0 aromatic heterocycles. The summed E-state index contributed by atoms with van der Waals surface area (Å²) in [5, 5.41) is 3.21. The van der Waals surface area contributed by atoms with Crippen LogP contribution in [0.25, 0.3) is 0 Å². The van der Waals surface area contributed by atoms with Crippen molar-refractivity contribution >= 4 is 15.7 Å². The molecule has 0 radical (unpaired) electrons. The molecule has 2 N–H and O–H groups in total. The van der Waals surface area contributed by atoms with Gasteiger partial charge in [-0.15, -0.1) is 0 Å². The van der Waals surface area contributed by atoms with Crippen molar-refractivity contribution in [3.63, 3.8) is 0 Å². The Morgan fingerprint density at radius 2 is 2.00 bits per heavy atom. The maximum Gasteiger partial charge on any atom is 0.241 e. The zero-order valence-electron chi connectivity index (χ0n) is 11.8. The van der Waals surface area contributed by atoms with Crippen molar-refractivity contribution in [2.45, 2.75) is 50.5 Å². The van der Waals surface area contributed by atoms with Gasteiger partial charge in [0.2, 0.25) is 10.0 Å². The molecule has 1 aliphatic rings. The van der Waals surface area contributed by atoms with E-state index in [1.807, 2.05) is 26.8 Å². The maximum atomic E-state index is 12.4. The highest BCUT2D eigenvalue weighted by molar-refractivity contribution is 7.89. The Labute approximate surface area is 115 Å². The van der Waals surface area contributed by atoms with Crippen molar-refractivity contribution in [3.8, 4) is 0 Å². The molecule has 0 spiro atoms. The summed E-state index contributed by atoms with van der Waals surface area (Å²) in [5.74, 6) is 0. The number of fused-ring (bicyclic) bond motifs is 1. The Kier molecular flexibility index (Phi) is 3.87. The number of nitrogens with one attached hydrogen (secondary N) is 2. The average molecular weight is 282 g/mol. The van der Waals surface area contributed by atoms with Gasteiger partial charge in [-0.05, 0) is 43.9 Å². The molecule has 0 saturated heterocycles. The van der Waals surface area contributed by atoms with E-state index in [-0.39, 0.29) is 5.54 Å². The van der Waals surface area contributed by atoms with E-state index in [4.69, 9.17) is 0 Å². The smallest absolute Gasteiger partial charge is 0.241 e. The quantitative estimate of drug-likeness (QED) is 0.872. The van der Waals surface area contributed by atoms with Gasteiger partial charge in [-0.3, -0.25) is 0 Å². The maximum absolute atomic E-state index is 12.4. The van der Waals surface area contributed by atoms with Crippen LogP contribution in [0.15, 0.2) is 23.1 Å². The van der Waals surface area contributed by atoms with Gasteiger partial charge in [0, 0.05) is 17.8 Å². The fourth-order valence-corrected chi connectivity index (χ4v) is 3.79. The Balaban J connectivity index is 2.30. The normalized spacial score (nSPS) is 15.1. The second-order valence-corrected chi connectivity index (χ2v) is 7.05. The molecule has 0 unspecified atom stereocenters. The van der Waals surface area contributed by atoms with Crippen LogP contribution in [-0.2, 0) is 16.4 Å². The van der Waals surface area contributed by atoms with E-state index in [9.17, 15) is 8.42 Å². The number of rotatable bonds is 5. The summed E-state index contributed by atoms with van der Waals surface area (Å²) in [6, 6.07) is 5.33. The highest BCUT2D eigenvalue weighted by atomic mass is 32.2.